The molecule has 15 heavy (non-hydrogen) atoms. The number of nitrogens with zero attached hydrogens (tertiary/aromatic N) is 2. The quantitative estimate of drug-likeness (QED) is 0.633. The minimum atomic E-state index is 0.812. The lowest BCUT2D eigenvalue weighted by Gasteiger charge is -2.02. The first-order valence-electron chi connectivity index (χ1n) is 4.80. The molecule has 0 bridgehead atoms. The van der Waals surface area contributed by atoms with E-state index in [1.807, 2.05) is 53.0 Å². The van der Waals surface area contributed by atoms with Crippen LogP contribution in [0.4, 0.5) is 5.69 Å². The van der Waals surface area contributed by atoms with Crippen LogP contribution >= 0.6 is 11.8 Å². The Kier molecular flexibility index (Phi) is 3.29. The number of hydrogen-bond acceptors (Lipinski definition) is 3. The second kappa shape index (κ2) is 4.89. The van der Waals surface area contributed by atoms with Crippen molar-refractivity contribution < 1.29 is 0 Å². The number of hydrogen-bond donors (Lipinski definition) is 1. The molecule has 2 rings (SSSR count). The van der Waals surface area contributed by atoms with Crippen molar-refractivity contribution in [1.82, 2.24) is 9.78 Å². The molecule has 0 aliphatic rings. The van der Waals surface area contributed by atoms with Crippen LogP contribution < -0.4 is 5.73 Å². The van der Waals surface area contributed by atoms with Crippen molar-refractivity contribution in [1.29, 1.82) is 0 Å². The molecule has 0 fully saturated rings. The maximum Gasteiger partial charge on any atom is 0.0503 e. The van der Waals surface area contributed by atoms with Crippen molar-refractivity contribution >= 4 is 17.4 Å². The van der Waals surface area contributed by atoms with Crippen LogP contribution in [0.3, 0.4) is 0 Å². The Morgan fingerprint density at radius 1 is 1.27 bits per heavy atom. The van der Waals surface area contributed by atoms with E-state index in [9.17, 15) is 0 Å². The third-order valence-corrected chi connectivity index (χ3v) is 3.02. The molecule has 1 heterocycles. The molecule has 1 aromatic heterocycles. The number of rotatable bonds is 4. The first-order chi connectivity index (χ1) is 7.34. The predicted octanol–water partition coefficient (Wildman–Crippen LogP) is 2.26. The number of benzene rings is 1. The Morgan fingerprint density at radius 3 is 2.73 bits per heavy atom. The summed E-state index contributed by atoms with van der Waals surface area (Å²) in [5.74, 6) is 1.02. The van der Waals surface area contributed by atoms with Gasteiger partial charge in [-0.15, -0.1) is 11.8 Å². The number of thioether (sulfide) groups is 1. The first-order valence-corrected chi connectivity index (χ1v) is 5.79. The van der Waals surface area contributed by atoms with Crippen molar-refractivity contribution in [3.05, 3.63) is 42.7 Å². The average Bonchev–Trinajstić information content (AvgIpc) is 2.74. The fourth-order valence-electron chi connectivity index (χ4n) is 1.25. The first kappa shape index (κ1) is 10.1. The van der Waals surface area contributed by atoms with Crippen molar-refractivity contribution in [2.24, 2.45) is 0 Å². The lowest BCUT2D eigenvalue weighted by molar-refractivity contribution is 0.666. The van der Waals surface area contributed by atoms with Gasteiger partial charge in [0, 0.05) is 28.7 Å². The molecular weight excluding hydrogens is 206 g/mol. The van der Waals surface area contributed by atoms with Gasteiger partial charge in [0.2, 0.25) is 0 Å². The molecule has 0 aliphatic carbocycles. The molecular formula is C11H13N3S. The standard InChI is InChI=1S/C11H13N3S/c12-10-2-4-11(5-3-10)15-9-8-14-7-1-6-13-14/h1-7H,8-9,12H2. The molecule has 0 spiro atoms. The lowest BCUT2D eigenvalue weighted by atomic mass is 10.3. The van der Waals surface area contributed by atoms with Gasteiger partial charge in [-0.05, 0) is 30.3 Å². The van der Waals surface area contributed by atoms with Crippen molar-refractivity contribution in [2.75, 3.05) is 11.5 Å². The van der Waals surface area contributed by atoms with Crippen LogP contribution in [0.2, 0.25) is 0 Å². The van der Waals surface area contributed by atoms with E-state index in [4.69, 9.17) is 5.73 Å². The van der Waals surface area contributed by atoms with Gasteiger partial charge in [-0.1, -0.05) is 0 Å². The van der Waals surface area contributed by atoms with Gasteiger partial charge in [0.15, 0.2) is 0 Å². The van der Waals surface area contributed by atoms with Crippen molar-refractivity contribution in [2.45, 2.75) is 11.4 Å². The van der Waals surface area contributed by atoms with Gasteiger partial charge in [0.05, 0.1) is 6.54 Å². The highest BCUT2D eigenvalue weighted by Crippen LogP contribution is 2.19. The number of aromatic nitrogens is 2. The minimum absolute atomic E-state index is 0.812. The zero-order valence-corrected chi connectivity index (χ0v) is 9.15. The van der Waals surface area contributed by atoms with Gasteiger partial charge in [0.1, 0.15) is 0 Å². The molecule has 0 amide bonds. The van der Waals surface area contributed by atoms with Gasteiger partial charge in [-0.25, -0.2) is 0 Å². The number of anilines is 1. The maximum absolute atomic E-state index is 5.61. The van der Waals surface area contributed by atoms with Gasteiger partial charge in [0.25, 0.3) is 0 Å². The summed E-state index contributed by atoms with van der Waals surface area (Å²) in [6, 6.07) is 9.88. The molecule has 4 heteroatoms. The van der Waals surface area contributed by atoms with Crippen LogP contribution in [0.5, 0.6) is 0 Å². The summed E-state index contributed by atoms with van der Waals surface area (Å²) >= 11 is 1.81. The zero-order valence-electron chi connectivity index (χ0n) is 8.34. The van der Waals surface area contributed by atoms with Crippen LogP contribution in [0.1, 0.15) is 0 Å². The van der Waals surface area contributed by atoms with Crippen molar-refractivity contribution in [3.8, 4) is 0 Å². The lowest BCUT2D eigenvalue weighted by Crippen LogP contribution is -2.00. The van der Waals surface area contributed by atoms with Crippen LogP contribution in [-0.4, -0.2) is 15.5 Å². The van der Waals surface area contributed by atoms with E-state index < -0.39 is 0 Å². The molecule has 0 saturated carbocycles. The fourth-order valence-corrected chi connectivity index (χ4v) is 2.10. The number of nitrogen functional groups attached to an aromatic ring is 1. The highest BCUT2D eigenvalue weighted by molar-refractivity contribution is 7.99. The molecule has 0 aliphatic heterocycles. The molecule has 1 aromatic carbocycles. The minimum Gasteiger partial charge on any atom is -0.399 e. The highest BCUT2D eigenvalue weighted by Gasteiger charge is 1.94. The summed E-state index contributed by atoms with van der Waals surface area (Å²) in [7, 11) is 0. The summed E-state index contributed by atoms with van der Waals surface area (Å²) < 4.78 is 1.93. The average molecular weight is 219 g/mol. The third kappa shape index (κ3) is 3.02. The molecule has 3 nitrogen and oxygen atoms in total. The molecule has 0 unspecified atom stereocenters. The van der Waals surface area contributed by atoms with E-state index in [1.54, 1.807) is 6.20 Å². The predicted molar refractivity (Wildman–Crippen MR) is 63.8 cm³/mol. The summed E-state index contributed by atoms with van der Waals surface area (Å²) in [6.45, 7) is 0.933. The Balaban J connectivity index is 1.81. The van der Waals surface area contributed by atoms with E-state index in [0.717, 1.165) is 18.0 Å². The maximum atomic E-state index is 5.61. The topological polar surface area (TPSA) is 43.8 Å². The van der Waals surface area contributed by atoms with Gasteiger partial charge >= 0.3 is 0 Å². The molecule has 2 aromatic rings. The largest absolute Gasteiger partial charge is 0.399 e. The SMILES string of the molecule is Nc1ccc(SCCn2cccn2)cc1. The summed E-state index contributed by atoms with van der Waals surface area (Å²) in [4.78, 5) is 1.25. The molecule has 0 atom stereocenters. The fraction of sp³-hybridized carbons (Fsp3) is 0.182. The van der Waals surface area contributed by atoms with Crippen molar-refractivity contribution in [3.63, 3.8) is 0 Å². The second-order valence-corrected chi connectivity index (χ2v) is 4.35. The molecule has 2 N–H and O–H groups in total. The Labute approximate surface area is 93.3 Å². The molecule has 0 radical (unpaired) electrons. The van der Waals surface area contributed by atoms with E-state index >= 15 is 0 Å². The van der Waals surface area contributed by atoms with Gasteiger partial charge in [-0.2, -0.15) is 5.10 Å². The van der Waals surface area contributed by atoms with E-state index in [2.05, 4.69) is 5.10 Å². The smallest absolute Gasteiger partial charge is 0.0503 e. The van der Waals surface area contributed by atoms with E-state index in [1.165, 1.54) is 4.90 Å². The summed E-state index contributed by atoms with van der Waals surface area (Å²) in [6.07, 6.45) is 3.78. The molecule has 0 saturated heterocycles. The zero-order chi connectivity index (χ0) is 10.5. The number of aryl methyl sites for hydroxylation is 1. The highest BCUT2D eigenvalue weighted by atomic mass is 32.2. The second-order valence-electron chi connectivity index (χ2n) is 3.19. The Morgan fingerprint density at radius 2 is 2.07 bits per heavy atom. The third-order valence-electron chi connectivity index (χ3n) is 2.03. The number of nitrogens with two attached hydrogens (primary N) is 1. The Bertz CT molecular complexity index is 394. The van der Waals surface area contributed by atoms with E-state index in [0.29, 0.717) is 0 Å². The summed E-state index contributed by atoms with van der Waals surface area (Å²) in [5.41, 5.74) is 6.42. The monoisotopic (exact) mass is 219 g/mol. The Hall–Kier alpha value is -1.42. The van der Waals surface area contributed by atoms with Crippen LogP contribution in [0.15, 0.2) is 47.6 Å². The summed E-state index contributed by atoms with van der Waals surface area (Å²) in [5, 5.41) is 4.14. The molecule has 78 valence electrons. The van der Waals surface area contributed by atoms with Crippen LogP contribution in [0.25, 0.3) is 0 Å². The normalized spacial score (nSPS) is 10.4. The van der Waals surface area contributed by atoms with E-state index in [-0.39, 0.29) is 0 Å². The van der Waals surface area contributed by atoms with Crippen LogP contribution in [-0.2, 0) is 6.54 Å². The van der Waals surface area contributed by atoms with Gasteiger partial charge < -0.3 is 5.73 Å². The van der Waals surface area contributed by atoms with Crippen LogP contribution in [0, 0.1) is 0 Å². The van der Waals surface area contributed by atoms with Gasteiger partial charge in [-0.3, -0.25) is 4.68 Å².